The zero-order valence-corrected chi connectivity index (χ0v) is 10.4. The number of halogens is 1. The minimum atomic E-state index is -0.116. The maximum absolute atomic E-state index is 11.8. The molecule has 15 heavy (non-hydrogen) atoms. The van der Waals surface area contributed by atoms with Crippen LogP contribution in [0.15, 0.2) is 0 Å². The number of carbonyl (C=O) groups excluding carboxylic acids is 1. The number of alkyl halides is 1. The molecule has 1 atom stereocenters. The van der Waals surface area contributed by atoms with E-state index in [-0.39, 0.29) is 11.9 Å². The Hall–Kier alpha value is -0.680. The van der Waals surface area contributed by atoms with Crippen LogP contribution in [-0.2, 0) is 6.42 Å². The van der Waals surface area contributed by atoms with E-state index in [1.54, 1.807) is 0 Å². The average Bonchev–Trinajstić information content (AvgIpc) is 2.73. The third-order valence-electron chi connectivity index (χ3n) is 2.11. The van der Waals surface area contributed by atoms with Crippen molar-refractivity contribution < 1.29 is 4.79 Å². The summed E-state index contributed by atoms with van der Waals surface area (Å²) in [5, 5.41) is 6.74. The highest BCUT2D eigenvalue weighted by molar-refractivity contribution is 7.08. The van der Waals surface area contributed by atoms with Gasteiger partial charge in [-0.15, -0.1) is 16.7 Å². The molecule has 1 rings (SSSR count). The first-order chi connectivity index (χ1) is 7.22. The van der Waals surface area contributed by atoms with E-state index in [1.807, 2.05) is 13.8 Å². The van der Waals surface area contributed by atoms with Gasteiger partial charge in [-0.1, -0.05) is 18.3 Å². The first-order valence-corrected chi connectivity index (χ1v) is 6.21. The average molecular weight is 248 g/mol. The van der Waals surface area contributed by atoms with Gasteiger partial charge in [0.2, 0.25) is 0 Å². The zero-order valence-electron chi connectivity index (χ0n) is 8.79. The largest absolute Gasteiger partial charge is 0.347 e. The summed E-state index contributed by atoms with van der Waals surface area (Å²) in [6.07, 6.45) is 1.54. The van der Waals surface area contributed by atoms with Crippen LogP contribution >= 0.6 is 23.1 Å². The molecule has 0 aliphatic rings. The molecular formula is C9H14ClN3OS. The number of nitrogens with zero attached hydrogens (tertiary/aromatic N) is 2. The standard InChI is InChI=1S/C9H14ClN3OS/c1-3-6(5-10)11-9(14)8-7(4-2)12-13-15-8/h6H,3-5H2,1-2H3,(H,11,14). The van der Waals surface area contributed by atoms with Gasteiger partial charge in [-0.3, -0.25) is 4.79 Å². The molecule has 0 aliphatic heterocycles. The number of hydrogen-bond donors (Lipinski definition) is 1. The number of amides is 1. The molecule has 1 amide bonds. The minimum Gasteiger partial charge on any atom is -0.347 e. The van der Waals surface area contributed by atoms with Crippen LogP contribution < -0.4 is 5.32 Å². The van der Waals surface area contributed by atoms with E-state index in [0.29, 0.717) is 10.8 Å². The Kier molecular flexibility index (Phi) is 4.98. The first-order valence-electron chi connectivity index (χ1n) is 4.90. The fourth-order valence-corrected chi connectivity index (χ4v) is 2.06. The predicted octanol–water partition coefficient (Wildman–Crippen LogP) is 1.85. The number of rotatable bonds is 5. The van der Waals surface area contributed by atoms with Crippen LogP contribution in [0.5, 0.6) is 0 Å². The van der Waals surface area contributed by atoms with Gasteiger partial charge in [0.05, 0.1) is 5.69 Å². The topological polar surface area (TPSA) is 54.9 Å². The summed E-state index contributed by atoms with van der Waals surface area (Å²) in [7, 11) is 0. The Balaban J connectivity index is 2.68. The molecule has 1 heterocycles. The van der Waals surface area contributed by atoms with E-state index in [4.69, 9.17) is 11.6 Å². The lowest BCUT2D eigenvalue weighted by Gasteiger charge is -2.12. The molecule has 0 saturated carbocycles. The van der Waals surface area contributed by atoms with Crippen molar-refractivity contribution >= 4 is 29.0 Å². The highest BCUT2D eigenvalue weighted by Crippen LogP contribution is 2.11. The van der Waals surface area contributed by atoms with E-state index in [9.17, 15) is 4.79 Å². The molecule has 0 saturated heterocycles. The van der Waals surface area contributed by atoms with Gasteiger partial charge in [0, 0.05) is 11.9 Å². The molecule has 1 N–H and O–H groups in total. The maximum atomic E-state index is 11.8. The van der Waals surface area contributed by atoms with Gasteiger partial charge in [0.1, 0.15) is 4.88 Å². The Labute approximate surface area is 98.2 Å². The van der Waals surface area contributed by atoms with Gasteiger partial charge < -0.3 is 5.32 Å². The van der Waals surface area contributed by atoms with Gasteiger partial charge >= 0.3 is 0 Å². The van der Waals surface area contributed by atoms with E-state index in [2.05, 4.69) is 14.9 Å². The Morgan fingerprint density at radius 3 is 2.87 bits per heavy atom. The van der Waals surface area contributed by atoms with Crippen molar-refractivity contribution in [1.29, 1.82) is 0 Å². The predicted molar refractivity (Wildman–Crippen MR) is 61.6 cm³/mol. The molecule has 1 aromatic heterocycles. The van der Waals surface area contributed by atoms with E-state index < -0.39 is 0 Å². The van der Waals surface area contributed by atoms with Crippen LogP contribution in [0.4, 0.5) is 0 Å². The summed E-state index contributed by atoms with van der Waals surface area (Å²) in [6, 6.07) is 0.0194. The SMILES string of the molecule is CCc1nnsc1C(=O)NC(CC)CCl. The fraction of sp³-hybridized carbons (Fsp3) is 0.667. The van der Waals surface area contributed by atoms with E-state index >= 15 is 0 Å². The van der Waals surface area contributed by atoms with Crippen molar-refractivity contribution in [2.24, 2.45) is 0 Å². The maximum Gasteiger partial charge on any atom is 0.265 e. The summed E-state index contributed by atoms with van der Waals surface area (Å²) in [5.74, 6) is 0.310. The van der Waals surface area contributed by atoms with Crippen LogP contribution in [0, 0.1) is 0 Å². The number of nitrogens with one attached hydrogen (secondary N) is 1. The molecular weight excluding hydrogens is 234 g/mol. The Bertz CT molecular complexity index is 325. The molecule has 0 aromatic carbocycles. The molecule has 0 aliphatic carbocycles. The van der Waals surface area contributed by atoms with Crippen LogP contribution in [0.25, 0.3) is 0 Å². The number of hydrogen-bond acceptors (Lipinski definition) is 4. The summed E-state index contributed by atoms with van der Waals surface area (Å²) >= 11 is 6.83. The van der Waals surface area contributed by atoms with Crippen LogP contribution in [0.2, 0.25) is 0 Å². The number of aromatic nitrogens is 2. The Morgan fingerprint density at radius 2 is 2.33 bits per heavy atom. The molecule has 1 unspecified atom stereocenters. The molecule has 1 aromatic rings. The molecule has 6 heteroatoms. The number of aryl methyl sites for hydroxylation is 1. The second-order valence-electron chi connectivity index (χ2n) is 3.14. The van der Waals surface area contributed by atoms with Gasteiger partial charge in [-0.25, -0.2) is 0 Å². The van der Waals surface area contributed by atoms with Crippen LogP contribution in [-0.4, -0.2) is 27.4 Å². The monoisotopic (exact) mass is 247 g/mol. The fourth-order valence-electron chi connectivity index (χ4n) is 1.11. The van der Waals surface area contributed by atoms with Crippen LogP contribution in [0.1, 0.15) is 35.6 Å². The molecule has 4 nitrogen and oxygen atoms in total. The molecule has 84 valence electrons. The number of carbonyl (C=O) groups is 1. The lowest BCUT2D eigenvalue weighted by molar-refractivity contribution is 0.0943. The smallest absolute Gasteiger partial charge is 0.265 e. The highest BCUT2D eigenvalue weighted by atomic mass is 35.5. The second kappa shape index (κ2) is 6.02. The van der Waals surface area contributed by atoms with Crippen molar-refractivity contribution in [2.75, 3.05) is 5.88 Å². The first kappa shape index (κ1) is 12.4. The summed E-state index contributed by atoms with van der Waals surface area (Å²) in [6.45, 7) is 3.94. The van der Waals surface area contributed by atoms with Crippen molar-refractivity contribution in [3.8, 4) is 0 Å². The molecule has 0 spiro atoms. The highest BCUT2D eigenvalue weighted by Gasteiger charge is 2.17. The van der Waals surface area contributed by atoms with Crippen molar-refractivity contribution in [3.05, 3.63) is 10.6 Å². The summed E-state index contributed by atoms with van der Waals surface area (Å²) in [4.78, 5) is 12.4. The quantitative estimate of drug-likeness (QED) is 0.808. The normalized spacial score (nSPS) is 12.5. The molecule has 0 radical (unpaired) electrons. The lowest BCUT2D eigenvalue weighted by atomic mass is 10.2. The van der Waals surface area contributed by atoms with E-state index in [1.165, 1.54) is 0 Å². The van der Waals surface area contributed by atoms with Crippen LogP contribution in [0.3, 0.4) is 0 Å². The zero-order chi connectivity index (χ0) is 11.3. The lowest BCUT2D eigenvalue weighted by Crippen LogP contribution is -2.35. The second-order valence-corrected chi connectivity index (χ2v) is 4.20. The van der Waals surface area contributed by atoms with E-state index in [0.717, 1.165) is 30.1 Å². The minimum absolute atomic E-state index is 0.0194. The van der Waals surface area contributed by atoms with Gasteiger partial charge in [-0.2, -0.15) is 0 Å². The van der Waals surface area contributed by atoms with Gasteiger partial charge in [0.25, 0.3) is 5.91 Å². The Morgan fingerprint density at radius 1 is 1.60 bits per heavy atom. The van der Waals surface area contributed by atoms with Gasteiger partial charge in [-0.05, 0) is 24.4 Å². The third-order valence-corrected chi connectivity index (χ3v) is 3.25. The van der Waals surface area contributed by atoms with Gasteiger partial charge in [0.15, 0.2) is 0 Å². The van der Waals surface area contributed by atoms with Crippen molar-refractivity contribution in [3.63, 3.8) is 0 Å². The van der Waals surface area contributed by atoms with Crippen molar-refractivity contribution in [2.45, 2.75) is 32.7 Å². The molecule has 0 fully saturated rings. The summed E-state index contributed by atoms with van der Waals surface area (Å²) < 4.78 is 3.77. The molecule has 0 bridgehead atoms. The summed E-state index contributed by atoms with van der Waals surface area (Å²) in [5.41, 5.74) is 0.752. The third kappa shape index (κ3) is 3.14. The van der Waals surface area contributed by atoms with Crippen molar-refractivity contribution in [1.82, 2.24) is 14.9 Å².